The van der Waals surface area contributed by atoms with Gasteiger partial charge in [-0.15, -0.1) is 0 Å². The highest BCUT2D eigenvalue weighted by Gasteiger charge is 2.20. The minimum absolute atomic E-state index is 0.176. The number of nitriles is 1. The van der Waals surface area contributed by atoms with Gasteiger partial charge in [0.2, 0.25) is 0 Å². The molecule has 0 spiro atoms. The van der Waals surface area contributed by atoms with Crippen LogP contribution in [0.3, 0.4) is 0 Å². The molecule has 0 amide bonds. The Morgan fingerprint density at radius 2 is 2.03 bits per heavy atom. The third-order valence-electron chi connectivity index (χ3n) is 5.57. The normalized spacial score (nSPS) is 11.1. The summed E-state index contributed by atoms with van der Waals surface area (Å²) in [5.41, 5.74) is 2.87. The lowest BCUT2D eigenvalue weighted by Gasteiger charge is -2.11. The summed E-state index contributed by atoms with van der Waals surface area (Å²) >= 11 is 6.28. The predicted molar refractivity (Wildman–Crippen MR) is 124 cm³/mol. The molecule has 0 unspecified atom stereocenters. The topological polar surface area (TPSA) is 84.2 Å². The number of fused-ring (bicyclic) bond motifs is 1. The number of rotatable bonds is 8. The molecule has 6 nitrogen and oxygen atoms in total. The molecule has 2 heterocycles. The largest absolute Gasteiger partial charge is 0.468 e. The first-order chi connectivity index (χ1) is 15.6. The first-order valence-electron chi connectivity index (χ1n) is 10.5. The van der Waals surface area contributed by atoms with Gasteiger partial charge in [-0.3, -0.25) is 0 Å². The van der Waals surface area contributed by atoms with Gasteiger partial charge >= 0.3 is 0 Å². The van der Waals surface area contributed by atoms with Crippen molar-refractivity contribution in [2.24, 2.45) is 0 Å². The fraction of sp³-hybridized carbons (Fsp3) is 0.280. The number of imidazole rings is 1. The summed E-state index contributed by atoms with van der Waals surface area (Å²) in [7, 11) is 1.56. The number of ether oxygens (including phenoxy) is 1. The van der Waals surface area contributed by atoms with Crippen molar-refractivity contribution in [2.45, 2.75) is 39.3 Å². The van der Waals surface area contributed by atoms with E-state index in [0.717, 1.165) is 47.0 Å². The maximum absolute atomic E-state index is 9.84. The van der Waals surface area contributed by atoms with E-state index in [1.165, 1.54) is 0 Å². The SMILES string of the molecule is CCCCc1nc(Cl)c(CO)n1Cc1ccc2c(-c3ccccc3C#N)oc(OC)c2c1. The smallest absolute Gasteiger partial charge is 0.292 e. The lowest BCUT2D eigenvalue weighted by Crippen LogP contribution is -2.09. The van der Waals surface area contributed by atoms with Gasteiger partial charge < -0.3 is 18.8 Å². The molecule has 4 rings (SSSR count). The Bertz CT molecular complexity index is 1300. The third-order valence-corrected chi connectivity index (χ3v) is 5.87. The van der Waals surface area contributed by atoms with Crippen LogP contribution in [0.1, 0.15) is 42.4 Å². The molecule has 0 fully saturated rings. The first kappa shape index (κ1) is 21.9. The Morgan fingerprint density at radius 1 is 1.22 bits per heavy atom. The van der Waals surface area contributed by atoms with Gasteiger partial charge in [-0.05, 0) is 36.2 Å². The van der Waals surface area contributed by atoms with Crippen LogP contribution in [-0.2, 0) is 19.6 Å². The molecular formula is C25H24ClN3O3. The molecule has 0 radical (unpaired) electrons. The third kappa shape index (κ3) is 3.97. The molecule has 7 heteroatoms. The second-order valence-corrected chi connectivity index (χ2v) is 7.93. The number of nitrogens with zero attached hydrogens (tertiary/aromatic N) is 3. The van der Waals surface area contributed by atoms with E-state index in [4.69, 9.17) is 20.8 Å². The number of aryl methyl sites for hydroxylation is 1. The van der Waals surface area contributed by atoms with Gasteiger partial charge in [0.05, 0.1) is 36.4 Å². The number of furan rings is 1. The summed E-state index contributed by atoms with van der Waals surface area (Å²) in [6.07, 6.45) is 2.83. The molecule has 2 aromatic carbocycles. The number of methoxy groups -OCH3 is 1. The van der Waals surface area contributed by atoms with E-state index in [2.05, 4.69) is 18.0 Å². The number of hydrogen-bond acceptors (Lipinski definition) is 5. The molecule has 0 aliphatic heterocycles. The second kappa shape index (κ2) is 9.47. The molecule has 2 aromatic heterocycles. The lowest BCUT2D eigenvalue weighted by atomic mass is 10.0. The molecule has 0 aliphatic carbocycles. The summed E-state index contributed by atoms with van der Waals surface area (Å²) < 4.78 is 13.5. The van der Waals surface area contributed by atoms with Crippen molar-refractivity contribution in [3.05, 3.63) is 70.3 Å². The zero-order chi connectivity index (χ0) is 22.7. The quantitative estimate of drug-likeness (QED) is 0.372. The van der Waals surface area contributed by atoms with E-state index in [9.17, 15) is 10.4 Å². The van der Waals surface area contributed by atoms with E-state index >= 15 is 0 Å². The van der Waals surface area contributed by atoms with Crippen LogP contribution >= 0.6 is 11.6 Å². The molecule has 164 valence electrons. The van der Waals surface area contributed by atoms with Gasteiger partial charge in [-0.25, -0.2) is 4.98 Å². The fourth-order valence-electron chi connectivity index (χ4n) is 3.94. The van der Waals surface area contributed by atoms with Crippen molar-refractivity contribution in [1.29, 1.82) is 5.26 Å². The fourth-order valence-corrected chi connectivity index (χ4v) is 4.20. The predicted octanol–water partition coefficient (Wildman–Crippen LogP) is 5.71. The van der Waals surface area contributed by atoms with Crippen LogP contribution in [-0.4, -0.2) is 21.8 Å². The monoisotopic (exact) mass is 449 g/mol. The van der Waals surface area contributed by atoms with Gasteiger partial charge in [-0.1, -0.05) is 43.1 Å². The highest BCUT2D eigenvalue weighted by Crippen LogP contribution is 2.40. The van der Waals surface area contributed by atoms with Crippen LogP contribution in [0, 0.1) is 11.3 Å². The zero-order valence-corrected chi connectivity index (χ0v) is 18.8. The van der Waals surface area contributed by atoms with Crippen molar-refractivity contribution in [3.8, 4) is 23.3 Å². The molecule has 0 aliphatic rings. The van der Waals surface area contributed by atoms with Crippen molar-refractivity contribution in [2.75, 3.05) is 7.11 Å². The Labute approximate surface area is 191 Å². The molecular weight excluding hydrogens is 426 g/mol. The molecule has 1 N–H and O–H groups in total. The van der Waals surface area contributed by atoms with E-state index < -0.39 is 0 Å². The van der Waals surface area contributed by atoms with Gasteiger partial charge in [0, 0.05) is 23.9 Å². The number of benzene rings is 2. The average molecular weight is 450 g/mol. The minimum Gasteiger partial charge on any atom is -0.468 e. The van der Waals surface area contributed by atoms with Crippen LogP contribution in [0.15, 0.2) is 46.9 Å². The number of aliphatic hydroxyl groups excluding tert-OH is 1. The van der Waals surface area contributed by atoms with Crippen molar-refractivity contribution in [1.82, 2.24) is 9.55 Å². The van der Waals surface area contributed by atoms with Crippen LogP contribution in [0.25, 0.3) is 22.1 Å². The van der Waals surface area contributed by atoms with Gasteiger partial charge in [-0.2, -0.15) is 5.26 Å². The lowest BCUT2D eigenvalue weighted by molar-refractivity contribution is 0.271. The Kier molecular flexibility index (Phi) is 6.50. The standard InChI is InChI=1S/C25H24ClN3O3/c1-3-4-9-22-28-24(26)21(15-30)29(22)14-16-10-11-19-20(12-16)25(31-2)32-23(19)18-8-6-5-7-17(18)13-27/h5-8,10-12,30H,3-4,9,14-15H2,1-2H3. The highest BCUT2D eigenvalue weighted by molar-refractivity contribution is 6.30. The first-order valence-corrected chi connectivity index (χ1v) is 10.9. The second-order valence-electron chi connectivity index (χ2n) is 7.57. The highest BCUT2D eigenvalue weighted by atomic mass is 35.5. The van der Waals surface area contributed by atoms with Crippen molar-refractivity contribution in [3.63, 3.8) is 0 Å². The maximum Gasteiger partial charge on any atom is 0.292 e. The summed E-state index contributed by atoms with van der Waals surface area (Å²) in [5, 5.41) is 21.4. The average Bonchev–Trinajstić information content (AvgIpc) is 3.33. The van der Waals surface area contributed by atoms with Crippen LogP contribution in [0.4, 0.5) is 0 Å². The van der Waals surface area contributed by atoms with Gasteiger partial charge in [0.1, 0.15) is 11.6 Å². The number of aromatic nitrogens is 2. The molecule has 4 aromatic rings. The minimum atomic E-state index is -0.176. The Morgan fingerprint density at radius 3 is 2.75 bits per heavy atom. The number of hydrogen-bond donors (Lipinski definition) is 1. The molecule has 0 atom stereocenters. The van der Waals surface area contributed by atoms with E-state index in [1.807, 2.05) is 41.0 Å². The van der Waals surface area contributed by atoms with Crippen LogP contribution in [0.2, 0.25) is 5.15 Å². The molecule has 0 bridgehead atoms. The Balaban J connectivity index is 1.78. The zero-order valence-electron chi connectivity index (χ0n) is 18.1. The molecule has 32 heavy (non-hydrogen) atoms. The van der Waals surface area contributed by atoms with Crippen molar-refractivity contribution < 1.29 is 14.3 Å². The summed E-state index contributed by atoms with van der Waals surface area (Å²) in [6, 6.07) is 15.5. The number of aliphatic hydroxyl groups is 1. The van der Waals surface area contributed by atoms with E-state index in [0.29, 0.717) is 34.7 Å². The van der Waals surface area contributed by atoms with Gasteiger partial charge in [0.15, 0.2) is 5.15 Å². The summed E-state index contributed by atoms with van der Waals surface area (Å²) in [5.74, 6) is 1.86. The Hall–Kier alpha value is -3.27. The van der Waals surface area contributed by atoms with Gasteiger partial charge in [0.25, 0.3) is 5.95 Å². The maximum atomic E-state index is 9.84. The summed E-state index contributed by atoms with van der Waals surface area (Å²) in [6.45, 7) is 2.47. The van der Waals surface area contributed by atoms with E-state index in [1.54, 1.807) is 13.2 Å². The van der Waals surface area contributed by atoms with Crippen LogP contribution < -0.4 is 4.74 Å². The number of unbranched alkanes of at least 4 members (excludes halogenated alkanes) is 1. The van der Waals surface area contributed by atoms with Crippen molar-refractivity contribution >= 4 is 22.4 Å². The molecule has 0 saturated carbocycles. The van der Waals surface area contributed by atoms with E-state index in [-0.39, 0.29) is 6.61 Å². The number of halogens is 1. The molecule has 0 saturated heterocycles. The summed E-state index contributed by atoms with van der Waals surface area (Å²) in [4.78, 5) is 4.47. The van der Waals surface area contributed by atoms with Crippen LogP contribution in [0.5, 0.6) is 5.95 Å².